The second kappa shape index (κ2) is 4.86. The predicted octanol–water partition coefficient (Wildman–Crippen LogP) is 4.53. The number of carbonyl (C=O) groups is 2. The molecule has 2 unspecified atom stereocenters. The van der Waals surface area contributed by atoms with Gasteiger partial charge in [0.1, 0.15) is 5.78 Å². The molecule has 0 saturated heterocycles. The summed E-state index contributed by atoms with van der Waals surface area (Å²) in [6.45, 7) is 6.79. The van der Waals surface area contributed by atoms with Crippen LogP contribution in [0, 0.1) is 33.5 Å². The average Bonchev–Trinajstić information content (AvgIpc) is 2.70. The fourth-order valence-corrected chi connectivity index (χ4v) is 7.98. The van der Waals surface area contributed by atoms with Gasteiger partial charge in [0.25, 0.3) is 0 Å². The van der Waals surface area contributed by atoms with Crippen LogP contribution in [0.15, 0.2) is 0 Å². The Morgan fingerprint density at radius 2 is 1.75 bits per heavy atom. The van der Waals surface area contributed by atoms with Crippen molar-refractivity contribution in [1.29, 1.82) is 0 Å². The van der Waals surface area contributed by atoms with Gasteiger partial charge in [0, 0.05) is 11.8 Å². The number of fused-ring (bicyclic) bond motifs is 3. The molecule has 0 N–H and O–H groups in total. The maximum absolute atomic E-state index is 12.7. The van der Waals surface area contributed by atoms with Crippen molar-refractivity contribution < 1.29 is 14.3 Å². The smallest absolute Gasteiger partial charge is 0.311 e. The Morgan fingerprint density at radius 1 is 1.04 bits per heavy atom. The fraction of sp³-hybridized carbons (Fsp3) is 0.905. The number of hydrogen-bond donors (Lipinski definition) is 0. The zero-order chi connectivity index (χ0) is 17.4. The van der Waals surface area contributed by atoms with E-state index in [-0.39, 0.29) is 27.6 Å². The summed E-state index contributed by atoms with van der Waals surface area (Å²) < 4.78 is 5.22. The monoisotopic (exact) mass is 332 g/mol. The van der Waals surface area contributed by atoms with E-state index in [0.29, 0.717) is 17.6 Å². The van der Waals surface area contributed by atoms with Crippen LogP contribution in [0.4, 0.5) is 0 Å². The van der Waals surface area contributed by atoms with Gasteiger partial charge in [-0.1, -0.05) is 20.3 Å². The highest BCUT2D eigenvalue weighted by atomic mass is 16.5. The highest BCUT2D eigenvalue weighted by molar-refractivity contribution is 5.88. The van der Waals surface area contributed by atoms with Gasteiger partial charge in [0.2, 0.25) is 0 Å². The van der Waals surface area contributed by atoms with Crippen molar-refractivity contribution in [2.24, 2.45) is 33.5 Å². The summed E-state index contributed by atoms with van der Waals surface area (Å²) in [7, 11) is 1.53. The minimum atomic E-state index is -0.341. The SMILES string of the molecule is COC(=O)[C@]1(C)CCC[C@@]2(C)C3CC[C@@]4(C)C[C@]3(CCC21)CC4=O. The number of ketones is 1. The van der Waals surface area contributed by atoms with Crippen LogP contribution in [0.2, 0.25) is 0 Å². The number of methoxy groups -OCH3 is 1. The molecule has 4 saturated carbocycles. The van der Waals surface area contributed by atoms with Gasteiger partial charge < -0.3 is 4.74 Å². The molecule has 1 spiro atoms. The van der Waals surface area contributed by atoms with Crippen LogP contribution in [-0.2, 0) is 14.3 Å². The van der Waals surface area contributed by atoms with Crippen LogP contribution in [0.25, 0.3) is 0 Å². The van der Waals surface area contributed by atoms with Crippen molar-refractivity contribution in [3.8, 4) is 0 Å². The Balaban J connectivity index is 1.74. The van der Waals surface area contributed by atoms with Gasteiger partial charge in [-0.15, -0.1) is 0 Å². The lowest BCUT2D eigenvalue weighted by Crippen LogP contribution is -2.58. The maximum atomic E-state index is 12.7. The van der Waals surface area contributed by atoms with Gasteiger partial charge >= 0.3 is 5.97 Å². The average molecular weight is 332 g/mol. The molecule has 4 fully saturated rings. The molecule has 3 nitrogen and oxygen atoms in total. The molecule has 6 atom stereocenters. The van der Waals surface area contributed by atoms with E-state index in [1.54, 1.807) is 0 Å². The number of esters is 1. The van der Waals surface area contributed by atoms with Crippen molar-refractivity contribution in [2.45, 2.75) is 78.6 Å². The predicted molar refractivity (Wildman–Crippen MR) is 92.3 cm³/mol. The molecule has 0 aromatic carbocycles. The van der Waals surface area contributed by atoms with Crippen LogP contribution in [0.1, 0.15) is 78.6 Å². The largest absolute Gasteiger partial charge is 0.469 e. The fourth-order valence-electron chi connectivity index (χ4n) is 7.98. The van der Waals surface area contributed by atoms with Crippen LogP contribution in [-0.4, -0.2) is 18.9 Å². The second-order valence-electron chi connectivity index (χ2n) is 10.2. The molecular formula is C21H32O3. The van der Waals surface area contributed by atoms with Crippen LogP contribution >= 0.6 is 0 Å². The summed E-state index contributed by atoms with van der Waals surface area (Å²) in [6, 6.07) is 0. The van der Waals surface area contributed by atoms with Crippen LogP contribution in [0.3, 0.4) is 0 Å². The summed E-state index contributed by atoms with van der Waals surface area (Å²) in [5.74, 6) is 1.51. The van der Waals surface area contributed by atoms with E-state index in [9.17, 15) is 9.59 Å². The standard InChI is InChI=1S/C21H32O3/c1-18-10-6-15-19(2)8-5-9-20(3,17(23)24-4)14(19)7-11-21(15,13-18)12-16(18)22/h14-15H,5-13H2,1-4H3/t14?,15?,18-,19+,20+,21-/m0/s1. The molecule has 0 aromatic heterocycles. The zero-order valence-electron chi connectivity index (χ0n) is 15.7. The topological polar surface area (TPSA) is 43.4 Å². The summed E-state index contributed by atoms with van der Waals surface area (Å²) in [4.78, 5) is 25.3. The van der Waals surface area contributed by atoms with E-state index < -0.39 is 0 Å². The van der Waals surface area contributed by atoms with Gasteiger partial charge in [0.05, 0.1) is 12.5 Å². The first kappa shape index (κ1) is 16.6. The number of hydrogen-bond acceptors (Lipinski definition) is 3. The molecule has 2 bridgehead atoms. The van der Waals surface area contributed by atoms with Gasteiger partial charge in [-0.3, -0.25) is 9.59 Å². The molecule has 0 amide bonds. The normalized spacial score (nSPS) is 53.2. The van der Waals surface area contributed by atoms with Crippen LogP contribution < -0.4 is 0 Å². The maximum Gasteiger partial charge on any atom is 0.311 e. The molecule has 4 aliphatic rings. The van der Waals surface area contributed by atoms with Crippen molar-refractivity contribution in [3.05, 3.63) is 0 Å². The van der Waals surface area contributed by atoms with E-state index >= 15 is 0 Å². The quantitative estimate of drug-likeness (QED) is 0.663. The van der Waals surface area contributed by atoms with E-state index in [4.69, 9.17) is 4.74 Å². The molecule has 0 aliphatic heterocycles. The third kappa shape index (κ3) is 1.85. The Hall–Kier alpha value is -0.860. The number of ether oxygens (including phenoxy) is 1. The molecule has 24 heavy (non-hydrogen) atoms. The molecule has 0 heterocycles. The minimum absolute atomic E-state index is 0.0162. The number of Topliss-reactive ketones (excluding diaryl/α,β-unsaturated/α-hetero) is 1. The highest BCUT2D eigenvalue weighted by Gasteiger charge is 2.68. The summed E-state index contributed by atoms with van der Waals surface area (Å²) in [6.07, 6.45) is 9.61. The first-order chi connectivity index (χ1) is 11.2. The Bertz CT molecular complexity index is 598. The molecule has 0 radical (unpaired) electrons. The van der Waals surface area contributed by atoms with Crippen LogP contribution in [0.5, 0.6) is 0 Å². The third-order valence-electron chi connectivity index (χ3n) is 9.01. The molecule has 134 valence electrons. The summed E-state index contributed by atoms with van der Waals surface area (Å²) >= 11 is 0. The first-order valence-corrected chi connectivity index (χ1v) is 9.82. The van der Waals surface area contributed by atoms with E-state index in [1.165, 1.54) is 20.0 Å². The van der Waals surface area contributed by atoms with E-state index in [1.807, 2.05) is 0 Å². The van der Waals surface area contributed by atoms with Crippen molar-refractivity contribution >= 4 is 11.8 Å². The Labute approximate surface area is 145 Å². The molecule has 4 rings (SSSR count). The number of carbonyl (C=O) groups excluding carboxylic acids is 2. The van der Waals surface area contributed by atoms with Gasteiger partial charge in [-0.25, -0.2) is 0 Å². The Kier molecular flexibility index (Phi) is 3.36. The van der Waals surface area contributed by atoms with Gasteiger partial charge in [-0.2, -0.15) is 0 Å². The Morgan fingerprint density at radius 3 is 2.46 bits per heavy atom. The van der Waals surface area contributed by atoms with Gasteiger partial charge in [-0.05, 0) is 74.5 Å². The lowest BCUT2D eigenvalue weighted by atomic mass is 9.40. The molecule has 4 aliphatic carbocycles. The van der Waals surface area contributed by atoms with Crippen molar-refractivity contribution in [3.63, 3.8) is 0 Å². The van der Waals surface area contributed by atoms with E-state index in [2.05, 4.69) is 20.8 Å². The second-order valence-corrected chi connectivity index (χ2v) is 10.2. The number of rotatable bonds is 1. The van der Waals surface area contributed by atoms with Gasteiger partial charge in [0.15, 0.2) is 0 Å². The minimum Gasteiger partial charge on any atom is -0.469 e. The highest BCUT2D eigenvalue weighted by Crippen LogP contribution is 2.73. The summed E-state index contributed by atoms with van der Waals surface area (Å²) in [5.41, 5.74) is 0.0157. The van der Waals surface area contributed by atoms with Crippen molar-refractivity contribution in [1.82, 2.24) is 0 Å². The lowest BCUT2D eigenvalue weighted by Gasteiger charge is -2.63. The third-order valence-corrected chi connectivity index (χ3v) is 9.01. The van der Waals surface area contributed by atoms with E-state index in [0.717, 1.165) is 44.9 Å². The van der Waals surface area contributed by atoms with Crippen molar-refractivity contribution in [2.75, 3.05) is 7.11 Å². The first-order valence-electron chi connectivity index (χ1n) is 9.82. The zero-order valence-corrected chi connectivity index (χ0v) is 15.7. The lowest BCUT2D eigenvalue weighted by molar-refractivity contribution is -0.185. The molecule has 3 heteroatoms. The summed E-state index contributed by atoms with van der Waals surface area (Å²) in [5, 5.41) is 0. The molecular weight excluding hydrogens is 300 g/mol. The molecule has 0 aromatic rings.